The predicted octanol–water partition coefficient (Wildman–Crippen LogP) is 0.747. The lowest BCUT2D eigenvalue weighted by Crippen LogP contribution is -2.52. The van der Waals surface area contributed by atoms with E-state index in [-0.39, 0.29) is 11.5 Å². The highest BCUT2D eigenvalue weighted by molar-refractivity contribution is 7.91. The van der Waals surface area contributed by atoms with Crippen LogP contribution in [0.3, 0.4) is 0 Å². The minimum absolute atomic E-state index is 0.127. The number of nitrogens with zero attached hydrogens (tertiary/aromatic N) is 4. The molecule has 17 heavy (non-hydrogen) atoms. The maximum atomic E-state index is 11.5. The van der Waals surface area contributed by atoms with Gasteiger partial charge in [0, 0.05) is 11.5 Å². The van der Waals surface area contributed by atoms with Crippen LogP contribution in [0.4, 0.5) is 0 Å². The summed E-state index contributed by atoms with van der Waals surface area (Å²) in [5.41, 5.74) is 7.12. The van der Waals surface area contributed by atoms with Crippen molar-refractivity contribution in [1.82, 2.24) is 5.32 Å². The van der Waals surface area contributed by atoms with E-state index in [1.165, 1.54) is 0 Å². The zero-order chi connectivity index (χ0) is 12.8. The Kier molecular flexibility index (Phi) is 4.75. The Bertz CT molecular complexity index is 448. The van der Waals surface area contributed by atoms with Crippen LogP contribution in [0.2, 0.25) is 0 Å². The third kappa shape index (κ3) is 4.23. The molecule has 1 aliphatic heterocycles. The Morgan fingerprint density at radius 2 is 2.35 bits per heavy atom. The molecule has 0 aromatic carbocycles. The van der Waals surface area contributed by atoms with Crippen LogP contribution < -0.4 is 5.32 Å². The van der Waals surface area contributed by atoms with Crippen molar-refractivity contribution < 1.29 is 8.42 Å². The monoisotopic (exact) mass is 257 g/mol. The van der Waals surface area contributed by atoms with Gasteiger partial charge in [-0.05, 0) is 31.3 Å². The molecule has 0 radical (unpaired) electrons. The van der Waals surface area contributed by atoms with E-state index in [2.05, 4.69) is 21.4 Å². The number of nitrogens with one attached hydrogen (secondary N) is 1. The van der Waals surface area contributed by atoms with Gasteiger partial charge in [0.15, 0.2) is 9.84 Å². The first-order valence-corrected chi connectivity index (χ1v) is 7.23. The molecule has 0 spiro atoms. The highest BCUT2D eigenvalue weighted by Gasteiger charge is 2.38. The van der Waals surface area contributed by atoms with Crippen LogP contribution >= 0.6 is 0 Å². The molecule has 94 valence electrons. The van der Waals surface area contributed by atoms with Gasteiger partial charge in [-0.25, -0.2) is 8.42 Å². The van der Waals surface area contributed by atoms with E-state index in [1.54, 1.807) is 0 Å². The van der Waals surface area contributed by atoms with Crippen LogP contribution in [0.25, 0.3) is 10.4 Å². The fraction of sp³-hybridized carbons (Fsp3) is 0.889. The fourth-order valence-corrected chi connectivity index (χ4v) is 3.69. The summed E-state index contributed by atoms with van der Waals surface area (Å²) in [7, 11) is -3.12. The summed E-state index contributed by atoms with van der Waals surface area (Å²) < 4.78 is 23.0. The number of hydrogen-bond donors (Lipinski definition) is 1. The summed E-state index contributed by atoms with van der Waals surface area (Å²) in [5, 5.41) is 15.5. The molecule has 1 N–H and O–H groups in total. The molecule has 0 bridgehead atoms. The summed E-state index contributed by atoms with van der Waals surface area (Å²) in [4.78, 5) is 2.62. The van der Waals surface area contributed by atoms with E-state index in [0.717, 1.165) is 0 Å². The van der Waals surface area contributed by atoms with E-state index in [0.29, 0.717) is 32.4 Å². The minimum Gasteiger partial charge on any atom is -0.299 e. The number of rotatable bonds is 5. The van der Waals surface area contributed by atoms with Crippen molar-refractivity contribution in [2.24, 2.45) is 5.11 Å². The Labute approximate surface area is 100 Å². The highest BCUT2D eigenvalue weighted by Crippen LogP contribution is 2.22. The Balaban J connectivity index is 2.52. The van der Waals surface area contributed by atoms with Gasteiger partial charge >= 0.3 is 0 Å². The molecule has 0 amide bonds. The van der Waals surface area contributed by atoms with Gasteiger partial charge in [-0.1, -0.05) is 5.11 Å². The Morgan fingerprint density at radius 3 is 2.94 bits per heavy atom. The Morgan fingerprint density at radius 1 is 1.59 bits per heavy atom. The standard InChI is InChI=1S/C9H15N5O2S/c10-7-9(12-4-2-5-13-14-11)3-1-6-17(15,16)8-9/h12H,1-6,8H2. The van der Waals surface area contributed by atoms with Crippen LogP contribution in [0.15, 0.2) is 5.11 Å². The van der Waals surface area contributed by atoms with Crippen molar-refractivity contribution >= 4 is 9.84 Å². The third-order valence-electron chi connectivity index (χ3n) is 2.70. The first-order valence-electron chi connectivity index (χ1n) is 5.41. The quantitative estimate of drug-likeness (QED) is 0.338. The molecule has 1 saturated heterocycles. The van der Waals surface area contributed by atoms with Crippen LogP contribution in [0.1, 0.15) is 19.3 Å². The molecular weight excluding hydrogens is 242 g/mol. The molecule has 0 aromatic rings. The molecule has 1 atom stereocenters. The van der Waals surface area contributed by atoms with E-state index < -0.39 is 15.4 Å². The summed E-state index contributed by atoms with van der Waals surface area (Å²) in [6, 6.07) is 2.07. The second-order valence-corrected chi connectivity index (χ2v) is 6.31. The predicted molar refractivity (Wildman–Crippen MR) is 62.9 cm³/mol. The lowest BCUT2D eigenvalue weighted by atomic mass is 9.97. The molecule has 1 rings (SSSR count). The summed E-state index contributed by atoms with van der Waals surface area (Å²) in [5.74, 6) is 0.0366. The topological polar surface area (TPSA) is 119 Å². The molecule has 1 unspecified atom stereocenters. The second-order valence-electron chi connectivity index (χ2n) is 4.12. The summed E-state index contributed by atoms with van der Waals surface area (Å²) in [6.45, 7) is 0.819. The largest absolute Gasteiger partial charge is 0.299 e. The zero-order valence-corrected chi connectivity index (χ0v) is 10.3. The van der Waals surface area contributed by atoms with E-state index >= 15 is 0 Å². The van der Waals surface area contributed by atoms with Gasteiger partial charge in [-0.3, -0.25) is 5.32 Å². The summed E-state index contributed by atoms with van der Waals surface area (Å²) in [6.07, 6.45) is 1.65. The number of hydrogen-bond acceptors (Lipinski definition) is 5. The molecule has 1 fully saturated rings. The number of azide groups is 1. The van der Waals surface area contributed by atoms with Gasteiger partial charge in [0.2, 0.25) is 0 Å². The van der Waals surface area contributed by atoms with Crippen molar-refractivity contribution in [3.8, 4) is 6.07 Å². The summed E-state index contributed by atoms with van der Waals surface area (Å²) >= 11 is 0. The molecule has 1 heterocycles. The lowest BCUT2D eigenvalue weighted by Gasteiger charge is -2.31. The third-order valence-corrected chi connectivity index (χ3v) is 4.54. The average Bonchev–Trinajstić information content (AvgIpc) is 2.27. The smallest absolute Gasteiger partial charge is 0.153 e. The molecule has 7 nitrogen and oxygen atoms in total. The van der Waals surface area contributed by atoms with Gasteiger partial charge in [-0.2, -0.15) is 5.26 Å². The molecule has 0 aromatic heterocycles. The maximum absolute atomic E-state index is 11.5. The highest BCUT2D eigenvalue weighted by atomic mass is 32.2. The van der Waals surface area contributed by atoms with Gasteiger partial charge < -0.3 is 0 Å². The minimum atomic E-state index is -3.12. The normalized spacial score (nSPS) is 26.8. The molecule has 8 heteroatoms. The zero-order valence-electron chi connectivity index (χ0n) is 9.46. The maximum Gasteiger partial charge on any atom is 0.153 e. The lowest BCUT2D eigenvalue weighted by molar-refractivity contribution is 0.397. The van der Waals surface area contributed by atoms with Gasteiger partial charge in [0.05, 0.1) is 17.6 Å². The van der Waals surface area contributed by atoms with Crippen LogP contribution in [-0.4, -0.2) is 38.6 Å². The van der Waals surface area contributed by atoms with Crippen molar-refractivity contribution in [2.45, 2.75) is 24.8 Å². The average molecular weight is 257 g/mol. The van der Waals surface area contributed by atoms with Crippen LogP contribution in [0.5, 0.6) is 0 Å². The molecule has 0 saturated carbocycles. The fourth-order valence-electron chi connectivity index (χ4n) is 1.90. The van der Waals surface area contributed by atoms with E-state index in [9.17, 15) is 8.42 Å². The van der Waals surface area contributed by atoms with Crippen molar-refractivity contribution in [1.29, 1.82) is 5.26 Å². The SMILES string of the molecule is N#CC1(NCCCN=[N+]=[N-])CCCS(=O)(=O)C1. The Hall–Kier alpha value is -1.29. The van der Waals surface area contributed by atoms with Crippen molar-refractivity contribution in [2.75, 3.05) is 24.6 Å². The van der Waals surface area contributed by atoms with E-state index in [4.69, 9.17) is 10.8 Å². The first kappa shape index (κ1) is 13.8. The van der Waals surface area contributed by atoms with Crippen LogP contribution in [-0.2, 0) is 9.84 Å². The molecule has 1 aliphatic rings. The van der Waals surface area contributed by atoms with E-state index in [1.807, 2.05) is 0 Å². The van der Waals surface area contributed by atoms with Crippen LogP contribution in [0, 0.1) is 11.3 Å². The van der Waals surface area contributed by atoms with Crippen molar-refractivity contribution in [3.63, 3.8) is 0 Å². The van der Waals surface area contributed by atoms with Gasteiger partial charge in [0.1, 0.15) is 5.54 Å². The van der Waals surface area contributed by atoms with Gasteiger partial charge in [0.25, 0.3) is 0 Å². The number of sulfone groups is 1. The first-order chi connectivity index (χ1) is 8.04. The molecule has 0 aliphatic carbocycles. The van der Waals surface area contributed by atoms with Gasteiger partial charge in [-0.15, -0.1) is 0 Å². The number of nitriles is 1. The molecular formula is C9H15N5O2S. The second kappa shape index (κ2) is 5.87. The van der Waals surface area contributed by atoms with Crippen molar-refractivity contribution in [3.05, 3.63) is 10.4 Å².